The maximum absolute atomic E-state index is 12.3. The van der Waals surface area contributed by atoms with Crippen molar-refractivity contribution in [2.45, 2.75) is 13.8 Å². The predicted molar refractivity (Wildman–Crippen MR) is 95.5 cm³/mol. The second kappa shape index (κ2) is 7.09. The molecule has 0 aliphatic carbocycles. The Bertz CT molecular complexity index is 883. The van der Waals surface area contributed by atoms with Gasteiger partial charge in [0.15, 0.2) is 0 Å². The van der Waals surface area contributed by atoms with Gasteiger partial charge in [-0.3, -0.25) is 19.3 Å². The lowest BCUT2D eigenvalue weighted by molar-refractivity contribution is -0.116. The summed E-state index contributed by atoms with van der Waals surface area (Å²) in [5.41, 5.74) is 1.27. The maximum atomic E-state index is 12.3. The van der Waals surface area contributed by atoms with Gasteiger partial charge in [-0.25, -0.2) is 4.79 Å². The van der Waals surface area contributed by atoms with Gasteiger partial charge < -0.3 is 10.1 Å². The molecule has 1 N–H and O–H groups in total. The number of anilines is 1. The molecule has 0 unspecified atom stereocenters. The van der Waals surface area contributed by atoms with Crippen LogP contribution >= 0.6 is 11.3 Å². The van der Waals surface area contributed by atoms with Crippen LogP contribution in [0.1, 0.15) is 42.9 Å². The molecule has 0 spiro atoms. The highest BCUT2D eigenvalue weighted by atomic mass is 32.1. The minimum atomic E-state index is -0.517. The van der Waals surface area contributed by atoms with E-state index in [0.29, 0.717) is 26.6 Å². The molecule has 3 rings (SSSR count). The van der Waals surface area contributed by atoms with Crippen LogP contribution in [-0.2, 0) is 9.53 Å². The Morgan fingerprint density at radius 2 is 1.77 bits per heavy atom. The van der Waals surface area contributed by atoms with Gasteiger partial charge in [0, 0.05) is 0 Å². The van der Waals surface area contributed by atoms with Gasteiger partial charge >= 0.3 is 5.97 Å². The van der Waals surface area contributed by atoms with Gasteiger partial charge in [-0.05, 0) is 37.6 Å². The molecule has 7 nitrogen and oxygen atoms in total. The second-order valence-corrected chi connectivity index (χ2v) is 6.69. The van der Waals surface area contributed by atoms with E-state index in [1.54, 1.807) is 44.2 Å². The number of hydrogen-bond acceptors (Lipinski definition) is 6. The van der Waals surface area contributed by atoms with Crippen LogP contribution < -0.4 is 5.32 Å². The van der Waals surface area contributed by atoms with Gasteiger partial charge in [-0.2, -0.15) is 0 Å². The van der Waals surface area contributed by atoms with Crippen molar-refractivity contribution in [3.63, 3.8) is 0 Å². The average Bonchev–Trinajstić information content (AvgIpc) is 3.08. The number of hydrogen-bond donors (Lipinski definition) is 1. The summed E-state index contributed by atoms with van der Waals surface area (Å²) in [6.45, 7) is 3.32. The van der Waals surface area contributed by atoms with Crippen LogP contribution in [0.3, 0.4) is 0 Å². The highest BCUT2D eigenvalue weighted by molar-refractivity contribution is 7.18. The van der Waals surface area contributed by atoms with E-state index >= 15 is 0 Å². The molecular formula is C18H16N2O5S. The molecule has 0 radical (unpaired) electrons. The lowest BCUT2D eigenvalue weighted by atomic mass is 10.1. The summed E-state index contributed by atoms with van der Waals surface area (Å²) in [7, 11) is 0. The number of nitrogens with one attached hydrogen (secondary N) is 1. The van der Waals surface area contributed by atoms with E-state index in [-0.39, 0.29) is 6.61 Å². The fourth-order valence-corrected chi connectivity index (χ4v) is 3.63. The summed E-state index contributed by atoms with van der Waals surface area (Å²) in [5, 5.41) is 3.07. The molecular weight excluding hydrogens is 356 g/mol. The molecule has 0 fully saturated rings. The molecule has 1 aliphatic heterocycles. The van der Waals surface area contributed by atoms with Crippen molar-refractivity contribution in [2.75, 3.05) is 18.5 Å². The summed E-state index contributed by atoms with van der Waals surface area (Å²) in [6.07, 6.45) is 0. The molecule has 0 bridgehead atoms. The van der Waals surface area contributed by atoms with E-state index < -0.39 is 30.2 Å². The minimum Gasteiger partial charge on any atom is -0.462 e. The number of ether oxygens (including phenoxy) is 1. The molecule has 3 amide bonds. The zero-order valence-corrected chi connectivity index (χ0v) is 15.0. The van der Waals surface area contributed by atoms with Crippen molar-refractivity contribution in [2.24, 2.45) is 0 Å². The third-order valence-electron chi connectivity index (χ3n) is 3.82. The zero-order chi connectivity index (χ0) is 18.8. The highest BCUT2D eigenvalue weighted by Crippen LogP contribution is 2.28. The Balaban J connectivity index is 1.69. The number of aryl methyl sites for hydroxylation is 1. The first-order valence-electron chi connectivity index (χ1n) is 7.95. The van der Waals surface area contributed by atoms with Gasteiger partial charge in [0.05, 0.1) is 22.7 Å². The van der Waals surface area contributed by atoms with Crippen LogP contribution in [0.5, 0.6) is 0 Å². The quantitative estimate of drug-likeness (QED) is 0.643. The largest absolute Gasteiger partial charge is 0.462 e. The first-order valence-corrected chi connectivity index (χ1v) is 8.76. The van der Waals surface area contributed by atoms with Crippen molar-refractivity contribution in [1.29, 1.82) is 0 Å². The topological polar surface area (TPSA) is 92.8 Å². The number of amides is 3. The molecule has 1 aromatic heterocycles. The third-order valence-corrected chi connectivity index (χ3v) is 4.95. The molecule has 8 heteroatoms. The smallest absolute Gasteiger partial charge is 0.348 e. The average molecular weight is 372 g/mol. The van der Waals surface area contributed by atoms with Gasteiger partial charge in [-0.1, -0.05) is 12.1 Å². The first-order chi connectivity index (χ1) is 12.4. The number of thiophene rings is 1. The molecule has 1 aliphatic rings. The highest BCUT2D eigenvalue weighted by Gasteiger charge is 2.36. The van der Waals surface area contributed by atoms with Crippen molar-refractivity contribution in [3.8, 4) is 0 Å². The van der Waals surface area contributed by atoms with E-state index in [0.717, 1.165) is 16.2 Å². The van der Waals surface area contributed by atoms with Gasteiger partial charge in [0.2, 0.25) is 5.91 Å². The summed E-state index contributed by atoms with van der Waals surface area (Å²) >= 11 is 1.09. The Hall–Kier alpha value is -3.00. The fourth-order valence-electron chi connectivity index (χ4n) is 2.65. The van der Waals surface area contributed by atoms with E-state index in [9.17, 15) is 19.2 Å². The Morgan fingerprint density at radius 1 is 1.15 bits per heavy atom. The number of carbonyl (C=O) groups excluding carboxylic acids is 4. The van der Waals surface area contributed by atoms with Crippen LogP contribution in [0.15, 0.2) is 30.3 Å². The van der Waals surface area contributed by atoms with E-state index in [2.05, 4.69) is 5.32 Å². The maximum Gasteiger partial charge on any atom is 0.348 e. The molecule has 2 heterocycles. The van der Waals surface area contributed by atoms with Crippen molar-refractivity contribution in [1.82, 2.24) is 4.90 Å². The van der Waals surface area contributed by atoms with E-state index in [1.807, 2.05) is 0 Å². The van der Waals surface area contributed by atoms with Crippen molar-refractivity contribution >= 4 is 40.0 Å². The Morgan fingerprint density at radius 3 is 2.35 bits per heavy atom. The number of rotatable bonds is 5. The number of fused-ring (bicyclic) bond motifs is 1. The normalized spacial score (nSPS) is 12.9. The second-order valence-electron chi connectivity index (χ2n) is 5.63. The van der Waals surface area contributed by atoms with Crippen LogP contribution in [0.25, 0.3) is 0 Å². The van der Waals surface area contributed by atoms with Gasteiger partial charge in [-0.15, -0.1) is 11.3 Å². The van der Waals surface area contributed by atoms with Crippen molar-refractivity contribution in [3.05, 3.63) is 51.9 Å². The van der Waals surface area contributed by atoms with Gasteiger partial charge in [0.25, 0.3) is 11.8 Å². The molecule has 26 heavy (non-hydrogen) atoms. The molecule has 1 aromatic carbocycles. The van der Waals surface area contributed by atoms with Crippen LogP contribution in [0.4, 0.5) is 5.00 Å². The third kappa shape index (κ3) is 3.23. The van der Waals surface area contributed by atoms with Crippen molar-refractivity contribution < 1.29 is 23.9 Å². The molecule has 0 saturated heterocycles. The number of esters is 1. The van der Waals surface area contributed by atoms with Gasteiger partial charge in [0.1, 0.15) is 11.4 Å². The van der Waals surface area contributed by atoms with Crippen LogP contribution in [0, 0.1) is 6.92 Å². The summed E-state index contributed by atoms with van der Waals surface area (Å²) in [4.78, 5) is 50.0. The minimum absolute atomic E-state index is 0.262. The van der Waals surface area contributed by atoms with Crippen LogP contribution in [-0.4, -0.2) is 41.7 Å². The number of imide groups is 1. The number of nitrogens with zero attached hydrogens (tertiary/aromatic N) is 1. The molecule has 134 valence electrons. The monoisotopic (exact) mass is 372 g/mol. The lowest BCUT2D eigenvalue weighted by Gasteiger charge is -2.12. The fraction of sp³-hybridized carbons (Fsp3) is 0.222. The number of benzene rings is 1. The molecule has 2 aromatic rings. The van der Waals surface area contributed by atoms with Crippen LogP contribution in [0.2, 0.25) is 0 Å². The summed E-state index contributed by atoms with van der Waals surface area (Å²) in [5.74, 6) is -1.95. The standard InChI is InChI=1S/C18H16N2O5S/c1-3-25-18(24)15-10(2)8-14(26-15)19-13(21)9-20-16(22)11-6-4-5-7-12(11)17(20)23/h4-8H,3,9H2,1-2H3,(H,19,21). The first kappa shape index (κ1) is 17.8. The molecule has 0 atom stereocenters. The summed E-state index contributed by atoms with van der Waals surface area (Å²) in [6, 6.07) is 8.10. The lowest BCUT2D eigenvalue weighted by Crippen LogP contribution is -2.37. The molecule has 0 saturated carbocycles. The predicted octanol–water partition coefficient (Wildman–Crippen LogP) is 2.47. The zero-order valence-electron chi connectivity index (χ0n) is 14.2. The SMILES string of the molecule is CCOC(=O)c1sc(NC(=O)CN2C(=O)c3ccccc3C2=O)cc1C. The Labute approximate surface area is 153 Å². The number of carbonyl (C=O) groups is 4. The Kier molecular flexibility index (Phi) is 4.85. The van der Waals surface area contributed by atoms with E-state index in [1.165, 1.54) is 0 Å². The van der Waals surface area contributed by atoms with E-state index in [4.69, 9.17) is 4.74 Å². The summed E-state index contributed by atoms with van der Waals surface area (Å²) < 4.78 is 4.96.